The quantitative estimate of drug-likeness (QED) is 0.300. The second kappa shape index (κ2) is 11.3. The monoisotopic (exact) mass is 587 g/mol. The Morgan fingerprint density at radius 1 is 1.26 bits per heavy atom. The molecule has 4 aromatic rings. The van der Waals surface area contributed by atoms with Crippen molar-refractivity contribution in [3.8, 4) is 17.5 Å². The number of alkyl halides is 1. The van der Waals surface area contributed by atoms with E-state index in [1.165, 1.54) is 26.2 Å². The molecular formula is C30H34FN9O3. The third-order valence-electron chi connectivity index (χ3n) is 8.54. The number of fused-ring (bicyclic) bond motifs is 1. The molecule has 224 valence electrons. The highest BCUT2D eigenvalue weighted by molar-refractivity contribution is 5.99. The highest BCUT2D eigenvalue weighted by atomic mass is 19.1. The van der Waals surface area contributed by atoms with Crippen LogP contribution in [-0.4, -0.2) is 78.2 Å². The van der Waals surface area contributed by atoms with E-state index in [0.717, 1.165) is 18.5 Å². The summed E-state index contributed by atoms with van der Waals surface area (Å²) in [5.41, 5.74) is 8.04. The molecular weight excluding hydrogens is 553 g/mol. The molecule has 12 nitrogen and oxygen atoms in total. The molecule has 6 rings (SSSR count). The molecule has 2 fully saturated rings. The summed E-state index contributed by atoms with van der Waals surface area (Å²) in [6.45, 7) is 4.05. The number of nitrogens with zero attached hydrogens (tertiary/aromatic N) is 8. The highest BCUT2D eigenvalue weighted by Gasteiger charge is 2.35. The number of carbonyl (C=O) groups is 1. The first kappa shape index (κ1) is 28.7. The normalized spacial score (nSPS) is 20.0. The van der Waals surface area contributed by atoms with Crippen LogP contribution in [0, 0.1) is 11.3 Å². The van der Waals surface area contributed by atoms with Crippen molar-refractivity contribution in [1.82, 2.24) is 29.6 Å². The Balaban J connectivity index is 1.33. The van der Waals surface area contributed by atoms with E-state index in [2.05, 4.69) is 26.5 Å². The number of hydrogen-bond acceptors (Lipinski definition) is 9. The zero-order chi connectivity index (χ0) is 30.3. The molecule has 43 heavy (non-hydrogen) atoms. The van der Waals surface area contributed by atoms with Gasteiger partial charge in [-0.25, -0.2) is 13.6 Å². The Morgan fingerprint density at radius 3 is 2.67 bits per heavy atom. The molecule has 3 N–H and O–H groups in total. The first-order valence-corrected chi connectivity index (χ1v) is 14.4. The fourth-order valence-corrected chi connectivity index (χ4v) is 5.80. The van der Waals surface area contributed by atoms with E-state index in [0.29, 0.717) is 60.1 Å². The van der Waals surface area contributed by atoms with Gasteiger partial charge in [-0.15, -0.1) is 5.10 Å². The number of amides is 1. The number of rotatable bonds is 9. The number of aliphatic hydroxyl groups is 1. The number of anilines is 1. The third kappa shape index (κ3) is 5.68. The SMILES string of the molecule is CC(C)(O)[C@H](F)CN(c1cc(-c2ccc3cc(C#N)cnn23)ncc1C(N)=O)C1CCC(n2cc(C3COC3)nn2)CC1. The summed E-state index contributed by atoms with van der Waals surface area (Å²) in [7, 11) is 0. The smallest absolute Gasteiger partial charge is 0.252 e. The lowest BCUT2D eigenvalue weighted by Crippen LogP contribution is -2.48. The van der Waals surface area contributed by atoms with Crippen molar-refractivity contribution >= 4 is 17.1 Å². The summed E-state index contributed by atoms with van der Waals surface area (Å²) >= 11 is 0. The van der Waals surface area contributed by atoms with Gasteiger partial charge in [-0.3, -0.25) is 9.78 Å². The van der Waals surface area contributed by atoms with E-state index in [9.17, 15) is 15.2 Å². The first-order valence-electron chi connectivity index (χ1n) is 14.4. The maximum atomic E-state index is 15.5. The molecule has 0 spiro atoms. The number of ether oxygens (including phenoxy) is 1. The maximum Gasteiger partial charge on any atom is 0.252 e. The summed E-state index contributed by atoms with van der Waals surface area (Å²) in [4.78, 5) is 19.0. The van der Waals surface area contributed by atoms with Crippen LogP contribution < -0.4 is 10.6 Å². The lowest BCUT2D eigenvalue weighted by atomic mass is 9.88. The zero-order valence-electron chi connectivity index (χ0n) is 24.1. The number of aromatic nitrogens is 6. The minimum Gasteiger partial charge on any atom is -0.387 e. The van der Waals surface area contributed by atoms with Crippen LogP contribution in [0.1, 0.15) is 73.1 Å². The topological polar surface area (TPSA) is 160 Å². The molecule has 4 aromatic heterocycles. The lowest BCUT2D eigenvalue weighted by Gasteiger charge is -2.41. The molecule has 0 aromatic carbocycles. The fraction of sp³-hybridized carbons (Fsp3) is 0.467. The van der Waals surface area contributed by atoms with Gasteiger partial charge in [0.05, 0.1) is 82.9 Å². The van der Waals surface area contributed by atoms with Gasteiger partial charge in [0.2, 0.25) is 0 Å². The largest absolute Gasteiger partial charge is 0.387 e. The van der Waals surface area contributed by atoms with Crippen molar-refractivity contribution in [2.24, 2.45) is 5.73 Å². The highest BCUT2D eigenvalue weighted by Crippen LogP contribution is 2.37. The molecule has 0 unspecified atom stereocenters. The fourth-order valence-electron chi connectivity index (χ4n) is 5.80. The Hall–Kier alpha value is -4.41. The van der Waals surface area contributed by atoms with Gasteiger partial charge in [0.25, 0.3) is 5.91 Å². The minimum atomic E-state index is -1.61. The summed E-state index contributed by atoms with van der Waals surface area (Å²) in [6.07, 6.45) is 6.23. The number of nitrogens with two attached hydrogens (primary N) is 1. The number of hydrogen-bond donors (Lipinski definition) is 2. The average molecular weight is 588 g/mol. The van der Waals surface area contributed by atoms with Crippen LogP contribution in [0.25, 0.3) is 16.9 Å². The Bertz CT molecular complexity index is 1680. The van der Waals surface area contributed by atoms with Crippen LogP contribution in [0.2, 0.25) is 0 Å². The molecule has 0 bridgehead atoms. The van der Waals surface area contributed by atoms with Gasteiger partial charge in [-0.2, -0.15) is 10.4 Å². The van der Waals surface area contributed by atoms with Crippen molar-refractivity contribution in [1.29, 1.82) is 5.26 Å². The summed E-state index contributed by atoms with van der Waals surface area (Å²) in [6, 6.07) is 9.20. The summed E-state index contributed by atoms with van der Waals surface area (Å²) in [5.74, 6) is -0.392. The van der Waals surface area contributed by atoms with Crippen LogP contribution in [0.5, 0.6) is 0 Å². The van der Waals surface area contributed by atoms with Crippen LogP contribution in [0.3, 0.4) is 0 Å². The van der Waals surface area contributed by atoms with Gasteiger partial charge in [-0.1, -0.05) is 5.21 Å². The lowest BCUT2D eigenvalue weighted by molar-refractivity contribution is -0.000517. The molecule has 13 heteroatoms. The van der Waals surface area contributed by atoms with Crippen molar-refractivity contribution in [3.05, 3.63) is 59.7 Å². The predicted octanol–water partition coefficient (Wildman–Crippen LogP) is 3.17. The Labute approximate surface area is 247 Å². The maximum absolute atomic E-state index is 15.5. The van der Waals surface area contributed by atoms with Crippen LogP contribution in [0.4, 0.5) is 10.1 Å². The third-order valence-corrected chi connectivity index (χ3v) is 8.54. The average Bonchev–Trinajstić information content (AvgIpc) is 3.61. The molecule has 1 amide bonds. The molecule has 5 heterocycles. The van der Waals surface area contributed by atoms with E-state index >= 15 is 4.39 Å². The van der Waals surface area contributed by atoms with E-state index < -0.39 is 17.7 Å². The first-order chi connectivity index (χ1) is 20.6. The van der Waals surface area contributed by atoms with E-state index in [4.69, 9.17) is 10.5 Å². The molecule has 1 saturated carbocycles. The van der Waals surface area contributed by atoms with Gasteiger partial charge >= 0.3 is 0 Å². The number of primary amides is 1. The second-order valence-corrected chi connectivity index (χ2v) is 12.0. The van der Waals surface area contributed by atoms with Crippen LogP contribution >= 0.6 is 0 Å². The molecule has 1 atom stereocenters. The van der Waals surface area contributed by atoms with Crippen molar-refractivity contribution in [2.75, 3.05) is 24.7 Å². The number of halogens is 1. The second-order valence-electron chi connectivity index (χ2n) is 12.0. The van der Waals surface area contributed by atoms with Gasteiger partial charge < -0.3 is 20.5 Å². The van der Waals surface area contributed by atoms with Crippen LogP contribution in [0.15, 0.2) is 42.9 Å². The predicted molar refractivity (Wildman–Crippen MR) is 155 cm³/mol. The molecule has 1 aliphatic heterocycles. The van der Waals surface area contributed by atoms with Crippen molar-refractivity contribution < 1.29 is 19.0 Å². The Kier molecular flexibility index (Phi) is 7.57. The Morgan fingerprint density at radius 2 is 2.02 bits per heavy atom. The van der Waals surface area contributed by atoms with Crippen molar-refractivity contribution in [2.45, 2.75) is 69.3 Å². The number of nitriles is 1. The molecule has 2 aliphatic rings. The van der Waals surface area contributed by atoms with Crippen LogP contribution in [-0.2, 0) is 4.74 Å². The van der Waals surface area contributed by atoms with Gasteiger partial charge in [-0.05, 0) is 63.8 Å². The van der Waals surface area contributed by atoms with Gasteiger partial charge in [0.15, 0.2) is 0 Å². The zero-order valence-corrected chi connectivity index (χ0v) is 24.1. The van der Waals surface area contributed by atoms with Gasteiger partial charge in [0, 0.05) is 18.4 Å². The molecule has 1 aliphatic carbocycles. The minimum absolute atomic E-state index is 0.131. The number of pyridine rings is 1. The summed E-state index contributed by atoms with van der Waals surface area (Å²) < 4.78 is 24.4. The summed E-state index contributed by atoms with van der Waals surface area (Å²) in [5, 5.41) is 32.9. The standard InChI is InChI=1S/C30H34FN9O3/c1-30(2,42)28(31)15-38(20-3-5-21(6-4-20)39-14-25(36-37-39)19-16-43-17-19)27-10-24(34-13-23(27)29(33)41)26-8-7-22-9-18(11-32)12-35-40(22)26/h7-10,12-14,19-21,28,42H,3-6,15-17H2,1-2H3,(H2,33,41)/t20?,21?,28-/m1/s1. The van der Waals surface area contributed by atoms with E-state index in [-0.39, 0.29) is 24.2 Å². The van der Waals surface area contributed by atoms with Gasteiger partial charge in [0.1, 0.15) is 12.2 Å². The van der Waals surface area contributed by atoms with E-state index in [1.807, 2.05) is 27.9 Å². The van der Waals surface area contributed by atoms with E-state index in [1.54, 1.807) is 16.6 Å². The number of carbonyl (C=O) groups excluding carboxylic acids is 1. The molecule has 0 radical (unpaired) electrons. The molecule has 1 saturated heterocycles. The van der Waals surface area contributed by atoms with Crippen molar-refractivity contribution in [3.63, 3.8) is 0 Å².